The maximum absolute atomic E-state index is 5.81. The minimum absolute atomic E-state index is 0.143. The van der Waals surface area contributed by atoms with Crippen molar-refractivity contribution in [3.63, 3.8) is 0 Å². The summed E-state index contributed by atoms with van der Waals surface area (Å²) in [5.74, 6) is 1.96. The summed E-state index contributed by atoms with van der Waals surface area (Å²) in [6, 6.07) is 10.2. The Hall–Kier alpha value is -1.87. The van der Waals surface area contributed by atoms with Crippen LogP contribution in [0.2, 0.25) is 0 Å². The van der Waals surface area contributed by atoms with Crippen LogP contribution < -0.4 is 10.5 Å². The molecule has 2 aromatic rings. The van der Waals surface area contributed by atoms with Gasteiger partial charge in [-0.1, -0.05) is 26.0 Å². The molecule has 1 atom stereocenters. The third kappa shape index (κ3) is 4.30. The highest BCUT2D eigenvalue weighted by Crippen LogP contribution is 2.26. The van der Waals surface area contributed by atoms with Crippen LogP contribution in [0.1, 0.15) is 43.4 Å². The summed E-state index contributed by atoms with van der Waals surface area (Å²) < 4.78 is 5.81. The van der Waals surface area contributed by atoms with E-state index in [0.717, 1.165) is 17.7 Å². The van der Waals surface area contributed by atoms with Gasteiger partial charge in [-0.05, 0) is 55.0 Å². The normalized spacial score (nSPS) is 12.5. The monoisotopic (exact) mass is 284 g/mol. The third-order valence-electron chi connectivity index (χ3n) is 3.44. The summed E-state index contributed by atoms with van der Waals surface area (Å²) in [4.78, 5) is 4.34. The first-order chi connectivity index (χ1) is 9.95. The van der Waals surface area contributed by atoms with Gasteiger partial charge in [-0.3, -0.25) is 0 Å². The fourth-order valence-corrected chi connectivity index (χ4v) is 2.44. The maximum Gasteiger partial charge on any atom is 0.219 e. The quantitative estimate of drug-likeness (QED) is 0.895. The first-order valence-electron chi connectivity index (χ1n) is 7.44. The fourth-order valence-electron chi connectivity index (χ4n) is 2.44. The van der Waals surface area contributed by atoms with Crippen molar-refractivity contribution >= 4 is 0 Å². The summed E-state index contributed by atoms with van der Waals surface area (Å²) in [7, 11) is 0. The van der Waals surface area contributed by atoms with Gasteiger partial charge in [-0.15, -0.1) is 0 Å². The zero-order chi connectivity index (χ0) is 15.4. The molecule has 2 N–H and O–H groups in total. The summed E-state index contributed by atoms with van der Waals surface area (Å²) in [5.41, 5.74) is 9.51. The highest BCUT2D eigenvalue weighted by Gasteiger charge is 2.06. The lowest BCUT2D eigenvalue weighted by molar-refractivity contribution is 0.461. The molecule has 0 amide bonds. The van der Waals surface area contributed by atoms with E-state index in [1.54, 1.807) is 0 Å². The van der Waals surface area contributed by atoms with Crippen LogP contribution in [0.5, 0.6) is 11.6 Å². The largest absolute Gasteiger partial charge is 0.439 e. The molecule has 0 aliphatic carbocycles. The zero-order valence-electron chi connectivity index (χ0n) is 13.3. The smallest absolute Gasteiger partial charge is 0.219 e. The second-order valence-electron chi connectivity index (χ2n) is 5.96. The lowest BCUT2D eigenvalue weighted by atomic mass is 9.98. The van der Waals surface area contributed by atoms with Gasteiger partial charge in [-0.25, -0.2) is 4.98 Å². The Kier molecular flexibility index (Phi) is 4.97. The number of pyridine rings is 1. The molecule has 1 heterocycles. The number of aromatic nitrogens is 1. The Morgan fingerprint density at radius 3 is 2.43 bits per heavy atom. The lowest BCUT2D eigenvalue weighted by Gasteiger charge is -2.12. The molecule has 112 valence electrons. The van der Waals surface area contributed by atoms with Gasteiger partial charge in [-0.2, -0.15) is 0 Å². The molecule has 21 heavy (non-hydrogen) atoms. The molecule has 0 spiro atoms. The van der Waals surface area contributed by atoms with E-state index in [1.807, 2.05) is 31.3 Å². The summed E-state index contributed by atoms with van der Waals surface area (Å²) >= 11 is 0. The summed E-state index contributed by atoms with van der Waals surface area (Å²) in [6.45, 7) is 8.49. The fraction of sp³-hybridized carbons (Fsp3) is 0.389. The highest BCUT2D eigenvalue weighted by atomic mass is 16.5. The molecule has 0 radical (unpaired) electrons. The number of hydrogen-bond donors (Lipinski definition) is 1. The predicted molar refractivity (Wildman–Crippen MR) is 86.9 cm³/mol. The second-order valence-corrected chi connectivity index (χ2v) is 5.96. The molecule has 0 saturated carbocycles. The maximum atomic E-state index is 5.81. The minimum Gasteiger partial charge on any atom is -0.439 e. The van der Waals surface area contributed by atoms with E-state index in [1.165, 1.54) is 11.1 Å². The van der Waals surface area contributed by atoms with Crippen molar-refractivity contribution in [1.29, 1.82) is 0 Å². The SMILES string of the molecule is Cc1cc(Oc2ccc(CC(C)N)cn2)ccc1C(C)C. The Bertz CT molecular complexity index is 589. The van der Waals surface area contributed by atoms with Crippen LogP contribution in [0.15, 0.2) is 36.5 Å². The Morgan fingerprint density at radius 2 is 1.90 bits per heavy atom. The van der Waals surface area contributed by atoms with Crippen molar-refractivity contribution in [2.75, 3.05) is 0 Å². The molecule has 0 aliphatic heterocycles. The number of benzene rings is 1. The number of ether oxygens (including phenoxy) is 1. The number of aryl methyl sites for hydroxylation is 1. The molecule has 3 heteroatoms. The van der Waals surface area contributed by atoms with E-state index in [4.69, 9.17) is 10.5 Å². The van der Waals surface area contributed by atoms with E-state index in [0.29, 0.717) is 11.8 Å². The van der Waals surface area contributed by atoms with Crippen LogP contribution in [0, 0.1) is 6.92 Å². The zero-order valence-corrected chi connectivity index (χ0v) is 13.3. The number of nitrogens with zero attached hydrogens (tertiary/aromatic N) is 1. The van der Waals surface area contributed by atoms with Crippen LogP contribution in [-0.4, -0.2) is 11.0 Å². The molecular weight excluding hydrogens is 260 g/mol. The number of hydrogen-bond acceptors (Lipinski definition) is 3. The molecule has 0 aliphatic rings. The van der Waals surface area contributed by atoms with Crippen molar-refractivity contribution in [2.24, 2.45) is 5.73 Å². The Morgan fingerprint density at radius 1 is 1.14 bits per heavy atom. The van der Waals surface area contributed by atoms with E-state index in [2.05, 4.69) is 37.9 Å². The molecule has 1 aromatic heterocycles. The molecule has 0 bridgehead atoms. The van der Waals surface area contributed by atoms with Crippen LogP contribution in [0.3, 0.4) is 0 Å². The van der Waals surface area contributed by atoms with Gasteiger partial charge in [0.15, 0.2) is 0 Å². The Balaban J connectivity index is 2.09. The number of nitrogens with two attached hydrogens (primary N) is 1. The summed E-state index contributed by atoms with van der Waals surface area (Å²) in [6.07, 6.45) is 2.66. The molecule has 3 nitrogen and oxygen atoms in total. The van der Waals surface area contributed by atoms with Crippen LogP contribution in [0.4, 0.5) is 0 Å². The first-order valence-corrected chi connectivity index (χ1v) is 7.44. The molecular formula is C18H24N2O. The first kappa shape index (κ1) is 15.5. The van der Waals surface area contributed by atoms with Crippen molar-refractivity contribution in [3.8, 4) is 11.6 Å². The molecule has 1 aromatic carbocycles. The van der Waals surface area contributed by atoms with Crippen molar-refractivity contribution in [2.45, 2.75) is 46.1 Å². The van der Waals surface area contributed by atoms with Crippen molar-refractivity contribution in [3.05, 3.63) is 53.2 Å². The van der Waals surface area contributed by atoms with E-state index in [9.17, 15) is 0 Å². The van der Waals surface area contributed by atoms with Gasteiger partial charge >= 0.3 is 0 Å². The molecule has 2 rings (SSSR count). The van der Waals surface area contributed by atoms with E-state index in [-0.39, 0.29) is 6.04 Å². The average Bonchev–Trinajstić information content (AvgIpc) is 2.40. The van der Waals surface area contributed by atoms with Gasteiger partial charge < -0.3 is 10.5 Å². The number of rotatable bonds is 5. The second kappa shape index (κ2) is 6.72. The highest BCUT2D eigenvalue weighted by molar-refractivity contribution is 5.38. The minimum atomic E-state index is 0.143. The van der Waals surface area contributed by atoms with Crippen molar-refractivity contribution < 1.29 is 4.74 Å². The topological polar surface area (TPSA) is 48.1 Å². The van der Waals surface area contributed by atoms with Crippen LogP contribution in [0.25, 0.3) is 0 Å². The summed E-state index contributed by atoms with van der Waals surface area (Å²) in [5, 5.41) is 0. The van der Waals surface area contributed by atoms with Gasteiger partial charge in [0.2, 0.25) is 5.88 Å². The molecule has 0 fully saturated rings. The standard InChI is InChI=1S/C18H24N2O/c1-12(2)17-7-6-16(9-13(17)3)21-18-8-5-15(11-20-18)10-14(4)19/h5-9,11-12,14H,10,19H2,1-4H3. The van der Waals surface area contributed by atoms with E-state index < -0.39 is 0 Å². The van der Waals surface area contributed by atoms with Gasteiger partial charge in [0.1, 0.15) is 5.75 Å². The van der Waals surface area contributed by atoms with Crippen LogP contribution in [-0.2, 0) is 6.42 Å². The van der Waals surface area contributed by atoms with Gasteiger partial charge in [0, 0.05) is 18.3 Å². The lowest BCUT2D eigenvalue weighted by Crippen LogP contribution is -2.17. The van der Waals surface area contributed by atoms with Gasteiger partial charge in [0.25, 0.3) is 0 Å². The van der Waals surface area contributed by atoms with E-state index >= 15 is 0 Å². The van der Waals surface area contributed by atoms with Gasteiger partial charge in [0.05, 0.1) is 0 Å². The molecule has 0 saturated heterocycles. The van der Waals surface area contributed by atoms with Crippen molar-refractivity contribution in [1.82, 2.24) is 4.98 Å². The average molecular weight is 284 g/mol. The third-order valence-corrected chi connectivity index (χ3v) is 3.44. The molecule has 1 unspecified atom stereocenters. The Labute approximate surface area is 127 Å². The predicted octanol–water partition coefficient (Wildman–Crippen LogP) is 4.20. The van der Waals surface area contributed by atoms with Crippen LogP contribution >= 0.6 is 0 Å².